The highest BCUT2D eigenvalue weighted by atomic mass is 16.5. The molecule has 2 N–H and O–H groups in total. The number of aryl methyl sites for hydroxylation is 1. The van der Waals surface area contributed by atoms with E-state index in [1.54, 1.807) is 14.2 Å². The second-order valence-corrected chi connectivity index (χ2v) is 4.03. The Kier molecular flexibility index (Phi) is 4.19. The molecule has 20 heavy (non-hydrogen) atoms. The van der Waals surface area contributed by atoms with Crippen LogP contribution in [0.15, 0.2) is 18.2 Å². The van der Waals surface area contributed by atoms with Crippen molar-refractivity contribution in [1.82, 2.24) is 15.0 Å². The molecule has 0 amide bonds. The highest BCUT2D eigenvalue weighted by molar-refractivity contribution is 5.60. The van der Waals surface area contributed by atoms with Crippen molar-refractivity contribution in [2.24, 2.45) is 0 Å². The largest absolute Gasteiger partial charge is 0.497 e. The third kappa shape index (κ3) is 3.05. The maximum Gasteiger partial charge on any atom is 0.322 e. The molecule has 0 aliphatic rings. The summed E-state index contributed by atoms with van der Waals surface area (Å²) in [4.78, 5) is 12.4. The van der Waals surface area contributed by atoms with Gasteiger partial charge in [0.25, 0.3) is 0 Å². The van der Waals surface area contributed by atoms with Gasteiger partial charge in [-0.15, -0.1) is 0 Å². The summed E-state index contributed by atoms with van der Waals surface area (Å²) < 4.78 is 10.2. The van der Waals surface area contributed by atoms with Crippen LogP contribution in [-0.4, -0.2) is 36.2 Å². The van der Waals surface area contributed by atoms with Crippen LogP contribution in [0.25, 0.3) is 0 Å². The van der Waals surface area contributed by atoms with Gasteiger partial charge in [-0.05, 0) is 30.7 Å². The van der Waals surface area contributed by atoms with Crippen molar-refractivity contribution in [3.05, 3.63) is 23.8 Å². The number of ether oxygens (including phenoxy) is 2. The number of nitrogens with zero attached hydrogens (tertiary/aromatic N) is 3. The van der Waals surface area contributed by atoms with Crippen molar-refractivity contribution in [3.63, 3.8) is 0 Å². The molecule has 106 valence electrons. The Balaban J connectivity index is 2.29. The molecule has 0 radical (unpaired) electrons. The highest BCUT2D eigenvalue weighted by Crippen LogP contribution is 2.24. The van der Waals surface area contributed by atoms with Crippen molar-refractivity contribution < 1.29 is 9.47 Å². The van der Waals surface area contributed by atoms with Crippen LogP contribution in [-0.2, 0) is 0 Å². The first-order valence-electron chi connectivity index (χ1n) is 6.05. The van der Waals surface area contributed by atoms with E-state index < -0.39 is 0 Å². The molecule has 0 aliphatic heterocycles. The molecule has 0 unspecified atom stereocenters. The van der Waals surface area contributed by atoms with Crippen LogP contribution in [0.5, 0.6) is 11.8 Å². The Bertz CT molecular complexity index is 581. The summed E-state index contributed by atoms with van der Waals surface area (Å²) in [6, 6.07) is 5.95. The average Bonchev–Trinajstić information content (AvgIpc) is 2.48. The van der Waals surface area contributed by atoms with Crippen molar-refractivity contribution in [2.45, 2.75) is 6.92 Å². The Morgan fingerprint density at radius 2 is 1.75 bits per heavy atom. The quantitative estimate of drug-likeness (QED) is 0.863. The van der Waals surface area contributed by atoms with E-state index >= 15 is 0 Å². The summed E-state index contributed by atoms with van der Waals surface area (Å²) in [6.45, 7) is 1.97. The molecule has 7 nitrogen and oxygen atoms in total. The second-order valence-electron chi connectivity index (χ2n) is 4.03. The van der Waals surface area contributed by atoms with Gasteiger partial charge in [-0.3, -0.25) is 0 Å². The van der Waals surface area contributed by atoms with E-state index in [9.17, 15) is 0 Å². The number of hydrogen-bond donors (Lipinski definition) is 2. The fourth-order valence-corrected chi connectivity index (χ4v) is 1.64. The average molecular weight is 275 g/mol. The normalized spacial score (nSPS) is 10.0. The number of anilines is 3. The SMILES string of the molecule is CNc1nc(Nc2ccc(OC)cc2C)nc(OC)n1. The van der Waals surface area contributed by atoms with Crippen molar-refractivity contribution in [2.75, 3.05) is 31.9 Å². The molecule has 1 aromatic heterocycles. The molecule has 1 aromatic carbocycles. The van der Waals surface area contributed by atoms with Crippen LogP contribution in [0.2, 0.25) is 0 Å². The Hall–Kier alpha value is -2.57. The van der Waals surface area contributed by atoms with Crippen LogP contribution in [0.4, 0.5) is 17.6 Å². The zero-order valence-corrected chi connectivity index (χ0v) is 11.9. The van der Waals surface area contributed by atoms with Gasteiger partial charge in [0.2, 0.25) is 11.9 Å². The van der Waals surface area contributed by atoms with Gasteiger partial charge in [-0.2, -0.15) is 15.0 Å². The lowest BCUT2D eigenvalue weighted by Crippen LogP contribution is -2.06. The Morgan fingerprint density at radius 1 is 1.00 bits per heavy atom. The number of aromatic nitrogens is 3. The Morgan fingerprint density at radius 3 is 2.35 bits per heavy atom. The van der Waals surface area contributed by atoms with Crippen LogP contribution < -0.4 is 20.1 Å². The van der Waals surface area contributed by atoms with Crippen molar-refractivity contribution in [1.29, 1.82) is 0 Å². The van der Waals surface area contributed by atoms with Crippen molar-refractivity contribution >= 4 is 17.6 Å². The third-order valence-electron chi connectivity index (χ3n) is 2.70. The van der Waals surface area contributed by atoms with E-state index in [2.05, 4.69) is 25.6 Å². The summed E-state index contributed by atoms with van der Waals surface area (Å²) in [6.07, 6.45) is 0. The highest BCUT2D eigenvalue weighted by Gasteiger charge is 2.07. The number of rotatable bonds is 5. The fourth-order valence-electron chi connectivity index (χ4n) is 1.64. The first kappa shape index (κ1) is 13.9. The van der Waals surface area contributed by atoms with Gasteiger partial charge in [-0.1, -0.05) is 0 Å². The summed E-state index contributed by atoms with van der Waals surface area (Å²) >= 11 is 0. The van der Waals surface area contributed by atoms with E-state index in [4.69, 9.17) is 9.47 Å². The summed E-state index contributed by atoms with van der Waals surface area (Å²) in [5, 5.41) is 5.99. The smallest absolute Gasteiger partial charge is 0.322 e. The molecule has 0 spiro atoms. The molecule has 0 saturated heterocycles. The summed E-state index contributed by atoms with van der Waals surface area (Å²) in [7, 11) is 4.88. The lowest BCUT2D eigenvalue weighted by Gasteiger charge is -2.11. The topological polar surface area (TPSA) is 81.2 Å². The third-order valence-corrected chi connectivity index (χ3v) is 2.70. The predicted octanol–water partition coefficient (Wildman–Crippen LogP) is 1.98. The lowest BCUT2D eigenvalue weighted by molar-refractivity contribution is 0.379. The van der Waals surface area contributed by atoms with Gasteiger partial charge >= 0.3 is 6.01 Å². The van der Waals surface area contributed by atoms with Crippen LogP contribution in [0.3, 0.4) is 0 Å². The van der Waals surface area contributed by atoms with E-state index in [0.29, 0.717) is 11.9 Å². The molecule has 2 aromatic rings. The maximum atomic E-state index is 5.17. The summed E-state index contributed by atoms with van der Waals surface area (Å²) in [5.41, 5.74) is 1.91. The molecule has 7 heteroatoms. The molecule has 0 atom stereocenters. The molecule has 1 heterocycles. The lowest BCUT2D eigenvalue weighted by atomic mass is 10.2. The zero-order chi connectivity index (χ0) is 14.5. The number of hydrogen-bond acceptors (Lipinski definition) is 7. The first-order chi connectivity index (χ1) is 9.66. The van der Waals surface area contributed by atoms with Gasteiger partial charge in [0.15, 0.2) is 0 Å². The van der Waals surface area contributed by atoms with Crippen LogP contribution in [0, 0.1) is 6.92 Å². The predicted molar refractivity (Wildman–Crippen MR) is 76.9 cm³/mol. The Labute approximate surface area is 117 Å². The molecule has 0 bridgehead atoms. The molecule has 0 aliphatic carbocycles. The van der Waals surface area contributed by atoms with E-state index in [-0.39, 0.29) is 6.01 Å². The van der Waals surface area contributed by atoms with Crippen LogP contribution in [0.1, 0.15) is 5.56 Å². The number of benzene rings is 1. The first-order valence-corrected chi connectivity index (χ1v) is 6.05. The molecule has 2 rings (SSSR count). The zero-order valence-electron chi connectivity index (χ0n) is 11.9. The van der Waals surface area contributed by atoms with Gasteiger partial charge in [0.1, 0.15) is 5.75 Å². The van der Waals surface area contributed by atoms with Gasteiger partial charge in [0, 0.05) is 12.7 Å². The number of methoxy groups -OCH3 is 2. The molecular weight excluding hydrogens is 258 g/mol. The number of nitrogens with one attached hydrogen (secondary N) is 2. The minimum absolute atomic E-state index is 0.248. The van der Waals surface area contributed by atoms with Gasteiger partial charge in [-0.25, -0.2) is 0 Å². The molecule has 0 fully saturated rings. The van der Waals surface area contributed by atoms with Gasteiger partial charge in [0.05, 0.1) is 14.2 Å². The molecular formula is C13H17N5O2. The monoisotopic (exact) mass is 275 g/mol. The minimum atomic E-state index is 0.248. The second kappa shape index (κ2) is 6.05. The van der Waals surface area contributed by atoms with E-state index in [1.165, 1.54) is 7.11 Å². The fraction of sp³-hybridized carbons (Fsp3) is 0.308. The maximum absolute atomic E-state index is 5.17. The molecule has 0 saturated carbocycles. The van der Waals surface area contributed by atoms with Crippen LogP contribution >= 0.6 is 0 Å². The van der Waals surface area contributed by atoms with Crippen molar-refractivity contribution in [3.8, 4) is 11.8 Å². The minimum Gasteiger partial charge on any atom is -0.497 e. The van der Waals surface area contributed by atoms with E-state index in [0.717, 1.165) is 17.0 Å². The van der Waals surface area contributed by atoms with Gasteiger partial charge < -0.3 is 20.1 Å². The van der Waals surface area contributed by atoms with E-state index in [1.807, 2.05) is 25.1 Å². The summed E-state index contributed by atoms with van der Waals surface area (Å²) in [5.74, 6) is 1.65. The standard InChI is InChI=1S/C13H17N5O2/c1-8-7-9(19-3)5-6-10(8)15-12-16-11(14-2)17-13(18-12)20-4/h5-7H,1-4H3,(H2,14,15,16,17,18).